The number of hydrogen-bond acceptors (Lipinski definition) is 4. The van der Waals surface area contributed by atoms with Crippen molar-refractivity contribution in [1.29, 1.82) is 5.26 Å². The molecule has 1 fully saturated rings. The van der Waals surface area contributed by atoms with Crippen molar-refractivity contribution in [2.75, 3.05) is 5.32 Å². The molecule has 1 saturated carbocycles. The molecule has 3 rings (SSSR count). The van der Waals surface area contributed by atoms with Crippen LogP contribution in [0.15, 0.2) is 18.2 Å². The maximum Gasteiger partial charge on any atom is 0.246 e. The number of carbonyl (C=O) groups excluding carboxylic acids is 1. The van der Waals surface area contributed by atoms with E-state index in [9.17, 15) is 10.1 Å². The first kappa shape index (κ1) is 13.3. The minimum absolute atomic E-state index is 0.234. The van der Waals surface area contributed by atoms with E-state index < -0.39 is 5.41 Å². The summed E-state index contributed by atoms with van der Waals surface area (Å²) in [6.45, 7) is 0. The highest BCUT2D eigenvalue weighted by atomic mass is 35.5. The predicted octanol–water partition coefficient (Wildman–Crippen LogP) is 3.97. The summed E-state index contributed by atoms with van der Waals surface area (Å²) in [6.07, 6.45) is 3.12. The molecule has 6 heteroatoms. The summed E-state index contributed by atoms with van der Waals surface area (Å²) in [7, 11) is 0. The highest BCUT2D eigenvalue weighted by molar-refractivity contribution is 7.22. The summed E-state index contributed by atoms with van der Waals surface area (Å²) in [6, 6.07) is 7.59. The molecule has 0 atom stereocenters. The summed E-state index contributed by atoms with van der Waals surface area (Å²) < 4.78 is 0.922. The molecule has 0 spiro atoms. The van der Waals surface area contributed by atoms with Gasteiger partial charge >= 0.3 is 0 Å². The van der Waals surface area contributed by atoms with Crippen LogP contribution in [0.5, 0.6) is 0 Å². The van der Waals surface area contributed by atoms with Crippen LogP contribution in [-0.4, -0.2) is 10.9 Å². The average Bonchev–Trinajstić information content (AvgIpc) is 3.04. The van der Waals surface area contributed by atoms with Crippen molar-refractivity contribution in [2.45, 2.75) is 25.7 Å². The number of halogens is 1. The molecule has 1 heterocycles. The Morgan fingerprint density at radius 2 is 2.20 bits per heavy atom. The van der Waals surface area contributed by atoms with Gasteiger partial charge in [-0.05, 0) is 31.0 Å². The molecule has 0 aliphatic heterocycles. The zero-order valence-corrected chi connectivity index (χ0v) is 12.2. The number of rotatable bonds is 2. The Morgan fingerprint density at radius 1 is 1.45 bits per heavy atom. The van der Waals surface area contributed by atoms with E-state index in [4.69, 9.17) is 11.6 Å². The van der Waals surface area contributed by atoms with Crippen molar-refractivity contribution >= 4 is 44.2 Å². The van der Waals surface area contributed by atoms with Gasteiger partial charge in [-0.3, -0.25) is 4.79 Å². The molecule has 1 aromatic heterocycles. The third kappa shape index (κ3) is 2.26. The number of hydrogen-bond donors (Lipinski definition) is 1. The molecule has 1 amide bonds. The topological polar surface area (TPSA) is 65.8 Å². The van der Waals surface area contributed by atoms with Crippen LogP contribution < -0.4 is 5.32 Å². The van der Waals surface area contributed by atoms with Crippen LogP contribution in [0.2, 0.25) is 5.02 Å². The number of nitrogens with one attached hydrogen (secondary N) is 1. The maximum atomic E-state index is 12.3. The lowest BCUT2D eigenvalue weighted by Crippen LogP contribution is -2.32. The standard InChI is InChI=1S/C14H12ClN3OS/c15-9-3-4-10-11(7-9)20-13(17-10)18-12(19)14(8-16)5-1-2-6-14/h3-4,7H,1-2,5-6H2,(H,17,18,19). The Bertz CT molecular complexity index is 713. The van der Waals surface area contributed by atoms with Crippen LogP contribution in [0.3, 0.4) is 0 Å². The van der Waals surface area contributed by atoms with E-state index in [2.05, 4.69) is 16.4 Å². The molecule has 1 N–H and O–H groups in total. The molecule has 102 valence electrons. The number of fused-ring (bicyclic) bond motifs is 1. The number of amides is 1. The van der Waals surface area contributed by atoms with Gasteiger partial charge in [-0.15, -0.1) is 0 Å². The van der Waals surface area contributed by atoms with Crippen LogP contribution >= 0.6 is 22.9 Å². The lowest BCUT2D eigenvalue weighted by molar-refractivity contribution is -0.122. The smallest absolute Gasteiger partial charge is 0.246 e. The van der Waals surface area contributed by atoms with Crippen LogP contribution in [0.1, 0.15) is 25.7 Å². The molecule has 20 heavy (non-hydrogen) atoms. The van der Waals surface area contributed by atoms with E-state index in [1.807, 2.05) is 12.1 Å². The second-order valence-electron chi connectivity index (χ2n) is 4.99. The highest BCUT2D eigenvalue weighted by Crippen LogP contribution is 2.39. The molecule has 0 radical (unpaired) electrons. The summed E-state index contributed by atoms with van der Waals surface area (Å²) in [5.74, 6) is -0.234. The van der Waals surface area contributed by atoms with Crippen molar-refractivity contribution in [3.63, 3.8) is 0 Å². The first-order valence-corrected chi connectivity index (χ1v) is 7.61. The molecule has 1 aliphatic rings. The van der Waals surface area contributed by atoms with Gasteiger partial charge in [0.2, 0.25) is 5.91 Å². The molecule has 2 aromatic rings. The molecular weight excluding hydrogens is 294 g/mol. The van der Waals surface area contributed by atoms with Crippen LogP contribution in [0.25, 0.3) is 10.2 Å². The van der Waals surface area contributed by atoms with E-state index in [1.54, 1.807) is 6.07 Å². The number of nitriles is 1. The fourth-order valence-electron chi connectivity index (χ4n) is 2.54. The normalized spacial score (nSPS) is 17.0. The first-order valence-electron chi connectivity index (χ1n) is 6.42. The molecule has 1 aliphatic carbocycles. The fraction of sp³-hybridized carbons (Fsp3) is 0.357. The van der Waals surface area contributed by atoms with E-state index in [0.29, 0.717) is 23.0 Å². The molecule has 0 unspecified atom stereocenters. The number of benzene rings is 1. The van der Waals surface area contributed by atoms with Crippen molar-refractivity contribution in [3.05, 3.63) is 23.2 Å². The lowest BCUT2D eigenvalue weighted by atomic mass is 9.87. The number of carbonyl (C=O) groups is 1. The van der Waals surface area contributed by atoms with Crippen molar-refractivity contribution in [3.8, 4) is 6.07 Å². The fourth-order valence-corrected chi connectivity index (χ4v) is 3.67. The molecule has 0 bridgehead atoms. The van der Waals surface area contributed by atoms with Crippen LogP contribution in [0.4, 0.5) is 5.13 Å². The van der Waals surface area contributed by atoms with Gasteiger partial charge in [-0.25, -0.2) is 4.98 Å². The van der Waals surface area contributed by atoms with Gasteiger partial charge in [0.25, 0.3) is 0 Å². The second kappa shape index (κ2) is 5.04. The van der Waals surface area contributed by atoms with E-state index in [0.717, 1.165) is 23.1 Å². The van der Waals surface area contributed by atoms with Gasteiger partial charge in [0, 0.05) is 5.02 Å². The Hall–Kier alpha value is -1.64. The van der Waals surface area contributed by atoms with Crippen molar-refractivity contribution in [2.24, 2.45) is 5.41 Å². The number of aromatic nitrogens is 1. The van der Waals surface area contributed by atoms with Gasteiger partial charge in [0.15, 0.2) is 5.13 Å². The van der Waals surface area contributed by atoms with Crippen LogP contribution in [-0.2, 0) is 4.79 Å². The summed E-state index contributed by atoms with van der Waals surface area (Å²) >= 11 is 7.30. The Balaban J connectivity index is 1.86. The van der Waals surface area contributed by atoms with E-state index in [1.165, 1.54) is 11.3 Å². The molecule has 4 nitrogen and oxygen atoms in total. The van der Waals surface area contributed by atoms with Gasteiger partial charge in [0.1, 0.15) is 5.41 Å². The molecular formula is C14H12ClN3OS. The van der Waals surface area contributed by atoms with Gasteiger partial charge in [0.05, 0.1) is 16.3 Å². The maximum absolute atomic E-state index is 12.3. The SMILES string of the molecule is N#CC1(C(=O)Nc2nc3ccc(Cl)cc3s2)CCCC1. The average molecular weight is 306 g/mol. The summed E-state index contributed by atoms with van der Waals surface area (Å²) in [4.78, 5) is 16.7. The van der Waals surface area contributed by atoms with Gasteiger partial charge < -0.3 is 5.32 Å². The van der Waals surface area contributed by atoms with Crippen molar-refractivity contribution in [1.82, 2.24) is 4.98 Å². The Kier molecular flexibility index (Phi) is 3.36. The minimum Gasteiger partial charge on any atom is -0.301 e. The highest BCUT2D eigenvalue weighted by Gasteiger charge is 2.41. The second-order valence-corrected chi connectivity index (χ2v) is 6.45. The van der Waals surface area contributed by atoms with E-state index >= 15 is 0 Å². The Labute approximate surface area is 125 Å². The van der Waals surface area contributed by atoms with Crippen molar-refractivity contribution < 1.29 is 4.79 Å². The van der Waals surface area contributed by atoms with Gasteiger partial charge in [-0.2, -0.15) is 5.26 Å². The summed E-state index contributed by atoms with van der Waals surface area (Å²) in [5, 5.41) is 13.2. The van der Waals surface area contributed by atoms with Gasteiger partial charge in [-0.1, -0.05) is 35.8 Å². The third-order valence-electron chi connectivity index (χ3n) is 3.68. The number of anilines is 1. The number of thiazole rings is 1. The Morgan fingerprint density at radius 3 is 2.90 bits per heavy atom. The van der Waals surface area contributed by atoms with E-state index in [-0.39, 0.29) is 5.91 Å². The third-order valence-corrected chi connectivity index (χ3v) is 4.85. The zero-order chi connectivity index (χ0) is 14.2. The largest absolute Gasteiger partial charge is 0.301 e. The molecule has 0 saturated heterocycles. The first-order chi connectivity index (χ1) is 9.63. The molecule has 1 aromatic carbocycles. The summed E-state index contributed by atoms with van der Waals surface area (Å²) in [5.41, 5.74) is -0.0812. The zero-order valence-electron chi connectivity index (χ0n) is 10.6. The van der Waals surface area contributed by atoms with Crippen LogP contribution in [0, 0.1) is 16.7 Å². The quantitative estimate of drug-likeness (QED) is 0.913. The predicted molar refractivity (Wildman–Crippen MR) is 79.8 cm³/mol. The number of nitrogens with zero attached hydrogens (tertiary/aromatic N) is 2. The lowest BCUT2D eigenvalue weighted by Gasteiger charge is -2.17. The minimum atomic E-state index is -0.879. The monoisotopic (exact) mass is 305 g/mol.